The zero-order chi connectivity index (χ0) is 32.3. The Balaban J connectivity index is 1.62. The molecule has 0 radical (unpaired) electrons. The predicted molar refractivity (Wildman–Crippen MR) is 160 cm³/mol. The summed E-state index contributed by atoms with van der Waals surface area (Å²) in [6.07, 6.45) is -1.14. The molecular formula is C30H44F2N4O6S. The maximum atomic E-state index is 13.3. The second-order valence-corrected chi connectivity index (χ2v) is 14.7. The summed E-state index contributed by atoms with van der Waals surface area (Å²) in [4.78, 5) is 39.3. The summed E-state index contributed by atoms with van der Waals surface area (Å²) >= 11 is 0. The molecule has 1 aliphatic carbocycles. The standard InChI is InChI=1S/C30H44F2N4O6S/c1-19-17-23(35(6)28(39)42-29(3,4)5)18-20(2)24(19)11-16-43(40,41)36-14-12-30(13-15-36,27(33)38)34-26(37)22-9-7-21(8-10-22)25(31)32/h17-18,22H,7-16H2,1-6H3,(H2,33,38)(H,34,37). The lowest BCUT2D eigenvalue weighted by Crippen LogP contribution is -2.63. The van der Waals surface area contributed by atoms with Crippen LogP contribution in [0.1, 0.15) is 76.0 Å². The van der Waals surface area contributed by atoms with Crippen molar-refractivity contribution in [2.45, 2.75) is 90.7 Å². The fourth-order valence-corrected chi connectivity index (χ4v) is 7.15. The molecule has 1 saturated heterocycles. The van der Waals surface area contributed by atoms with E-state index in [1.54, 1.807) is 27.8 Å². The number of benzene rings is 1. The second kappa shape index (κ2) is 13.3. The molecule has 0 aromatic heterocycles. The average molecular weight is 627 g/mol. The van der Waals surface area contributed by atoms with Gasteiger partial charge in [0, 0.05) is 31.7 Å². The molecule has 1 heterocycles. The van der Waals surface area contributed by atoms with Gasteiger partial charge in [-0.05, 0) is 114 Å². The highest BCUT2D eigenvalue weighted by Gasteiger charge is 2.44. The molecular weight excluding hydrogens is 582 g/mol. The van der Waals surface area contributed by atoms with Crippen LogP contribution in [0.3, 0.4) is 0 Å². The lowest BCUT2D eigenvalue weighted by atomic mass is 9.83. The number of allylic oxidation sites excluding steroid dienone is 1. The van der Waals surface area contributed by atoms with Crippen LogP contribution in [-0.2, 0) is 30.8 Å². The highest BCUT2D eigenvalue weighted by molar-refractivity contribution is 7.89. The van der Waals surface area contributed by atoms with E-state index in [9.17, 15) is 31.6 Å². The van der Waals surface area contributed by atoms with E-state index in [0.29, 0.717) is 5.69 Å². The smallest absolute Gasteiger partial charge is 0.414 e. The molecule has 0 spiro atoms. The van der Waals surface area contributed by atoms with E-state index in [-0.39, 0.29) is 69.4 Å². The first-order valence-electron chi connectivity index (χ1n) is 14.5. The van der Waals surface area contributed by atoms with Gasteiger partial charge in [0.05, 0.1) is 5.75 Å². The number of piperidine rings is 1. The summed E-state index contributed by atoms with van der Waals surface area (Å²) in [5, 5.41) is 2.75. The Hall–Kier alpha value is -3.06. The van der Waals surface area contributed by atoms with Gasteiger partial charge in [0.2, 0.25) is 21.8 Å². The van der Waals surface area contributed by atoms with E-state index >= 15 is 0 Å². The number of halogens is 2. The van der Waals surface area contributed by atoms with Crippen molar-refractivity contribution in [3.63, 3.8) is 0 Å². The second-order valence-electron chi connectivity index (χ2n) is 12.6. The number of carbonyl (C=O) groups is 3. The summed E-state index contributed by atoms with van der Waals surface area (Å²) in [5.74, 6) is -1.83. The van der Waals surface area contributed by atoms with Crippen molar-refractivity contribution >= 4 is 33.6 Å². The highest BCUT2D eigenvalue weighted by Crippen LogP contribution is 2.33. The van der Waals surface area contributed by atoms with Gasteiger partial charge in [-0.2, -0.15) is 8.78 Å². The van der Waals surface area contributed by atoms with Crippen LogP contribution in [0.2, 0.25) is 0 Å². The van der Waals surface area contributed by atoms with Crippen molar-refractivity contribution in [1.29, 1.82) is 0 Å². The quantitative estimate of drug-likeness (QED) is 0.441. The van der Waals surface area contributed by atoms with E-state index in [0.717, 1.165) is 16.7 Å². The number of nitrogens with one attached hydrogen (secondary N) is 1. The third-order valence-electron chi connectivity index (χ3n) is 8.38. The number of carbonyl (C=O) groups excluding carboxylic acids is 3. The molecule has 3 rings (SSSR count). The molecule has 3 amide bonds. The minimum Gasteiger partial charge on any atom is -0.443 e. The van der Waals surface area contributed by atoms with Crippen LogP contribution in [0.4, 0.5) is 19.3 Å². The molecule has 1 saturated carbocycles. The maximum absolute atomic E-state index is 13.3. The molecule has 2 aliphatic rings. The van der Waals surface area contributed by atoms with Crippen LogP contribution in [0.5, 0.6) is 0 Å². The molecule has 1 aromatic rings. The molecule has 240 valence electrons. The zero-order valence-electron chi connectivity index (χ0n) is 25.9. The third kappa shape index (κ3) is 8.53. The normalized spacial score (nSPS) is 19.4. The number of amides is 3. The number of nitrogens with two attached hydrogens (primary N) is 1. The molecule has 43 heavy (non-hydrogen) atoms. The summed E-state index contributed by atoms with van der Waals surface area (Å²) in [7, 11) is -2.09. The Kier molecular flexibility index (Phi) is 10.6. The van der Waals surface area contributed by atoms with Crippen LogP contribution in [-0.4, -0.2) is 67.7 Å². The molecule has 2 fully saturated rings. The van der Waals surface area contributed by atoms with Crippen LogP contribution in [0.15, 0.2) is 23.8 Å². The van der Waals surface area contributed by atoms with Gasteiger partial charge >= 0.3 is 6.09 Å². The van der Waals surface area contributed by atoms with Gasteiger partial charge in [0.1, 0.15) is 11.1 Å². The summed E-state index contributed by atoms with van der Waals surface area (Å²) < 4.78 is 59.1. The van der Waals surface area contributed by atoms with E-state index in [1.807, 2.05) is 26.0 Å². The predicted octanol–water partition coefficient (Wildman–Crippen LogP) is 4.32. The van der Waals surface area contributed by atoms with Gasteiger partial charge < -0.3 is 15.8 Å². The Morgan fingerprint density at radius 1 is 1.09 bits per heavy atom. The van der Waals surface area contributed by atoms with Crippen molar-refractivity contribution in [1.82, 2.24) is 9.62 Å². The largest absolute Gasteiger partial charge is 0.443 e. The van der Waals surface area contributed by atoms with Crippen molar-refractivity contribution in [3.8, 4) is 0 Å². The van der Waals surface area contributed by atoms with E-state index in [4.69, 9.17) is 10.5 Å². The molecule has 1 aliphatic heterocycles. The number of rotatable bonds is 8. The molecule has 0 bridgehead atoms. The van der Waals surface area contributed by atoms with Crippen molar-refractivity contribution in [3.05, 3.63) is 40.5 Å². The number of sulfonamides is 1. The van der Waals surface area contributed by atoms with Gasteiger partial charge in [-0.3, -0.25) is 14.5 Å². The monoisotopic (exact) mass is 626 g/mol. The number of anilines is 1. The fourth-order valence-electron chi connectivity index (χ4n) is 5.69. The summed E-state index contributed by atoms with van der Waals surface area (Å²) in [6.45, 7) is 9.11. The molecule has 1 aromatic carbocycles. The first-order valence-corrected chi connectivity index (χ1v) is 16.2. The fraction of sp³-hybridized carbons (Fsp3) is 0.633. The van der Waals surface area contributed by atoms with Crippen molar-refractivity contribution < 1.29 is 36.3 Å². The van der Waals surface area contributed by atoms with Crippen LogP contribution in [0, 0.1) is 19.8 Å². The molecule has 10 nitrogen and oxygen atoms in total. The van der Waals surface area contributed by atoms with Crippen molar-refractivity contribution in [2.75, 3.05) is 30.8 Å². The number of primary amides is 1. The molecule has 0 unspecified atom stereocenters. The Morgan fingerprint density at radius 2 is 1.63 bits per heavy atom. The van der Waals surface area contributed by atoms with E-state index in [2.05, 4.69) is 5.32 Å². The molecule has 3 N–H and O–H groups in total. The van der Waals surface area contributed by atoms with E-state index in [1.165, 1.54) is 9.21 Å². The zero-order valence-corrected chi connectivity index (χ0v) is 26.7. The number of aryl methyl sites for hydroxylation is 2. The third-order valence-corrected chi connectivity index (χ3v) is 10.2. The van der Waals surface area contributed by atoms with Crippen LogP contribution >= 0.6 is 0 Å². The first-order chi connectivity index (χ1) is 19.8. The number of ether oxygens (including phenoxy) is 1. The average Bonchev–Trinajstić information content (AvgIpc) is 2.91. The minimum atomic E-state index is -3.71. The summed E-state index contributed by atoms with van der Waals surface area (Å²) in [6, 6.07) is 3.64. The Morgan fingerprint density at radius 3 is 2.09 bits per heavy atom. The van der Waals surface area contributed by atoms with Gasteiger partial charge in [-0.15, -0.1) is 0 Å². The highest BCUT2D eigenvalue weighted by atomic mass is 32.2. The lowest BCUT2D eigenvalue weighted by molar-refractivity contribution is -0.135. The van der Waals surface area contributed by atoms with Gasteiger partial charge in [-0.25, -0.2) is 17.5 Å². The van der Waals surface area contributed by atoms with Crippen molar-refractivity contribution in [2.24, 2.45) is 11.7 Å². The van der Waals surface area contributed by atoms with Crippen LogP contribution < -0.4 is 16.0 Å². The number of hydrogen-bond donors (Lipinski definition) is 2. The van der Waals surface area contributed by atoms with Gasteiger partial charge in [-0.1, -0.05) is 0 Å². The van der Waals surface area contributed by atoms with Gasteiger partial charge in [0.25, 0.3) is 6.08 Å². The SMILES string of the molecule is Cc1cc(N(C)C(=O)OC(C)(C)C)cc(C)c1CCS(=O)(=O)N1CCC(NC(=O)C2CCC(=C(F)F)CC2)(C(N)=O)CC1. The molecule has 0 atom stereocenters. The Labute approximate surface area is 253 Å². The van der Waals surface area contributed by atoms with E-state index < -0.39 is 51.1 Å². The summed E-state index contributed by atoms with van der Waals surface area (Å²) in [5.41, 5.74) is 6.89. The number of nitrogens with zero attached hydrogens (tertiary/aromatic N) is 2. The van der Waals surface area contributed by atoms with Crippen LogP contribution in [0.25, 0.3) is 0 Å². The lowest BCUT2D eigenvalue weighted by Gasteiger charge is -2.40. The Bertz CT molecular complexity index is 1340. The maximum Gasteiger partial charge on any atom is 0.414 e. The molecule has 13 heteroatoms. The van der Waals surface area contributed by atoms with Gasteiger partial charge in [0.15, 0.2) is 0 Å². The minimum absolute atomic E-state index is 0.00769. The topological polar surface area (TPSA) is 139 Å². The number of hydrogen-bond acceptors (Lipinski definition) is 6. The first kappa shape index (κ1) is 34.4.